The van der Waals surface area contributed by atoms with Crippen molar-refractivity contribution in [2.24, 2.45) is 0 Å². The molecular weight excluding hydrogens is 304 g/mol. The van der Waals surface area contributed by atoms with Crippen molar-refractivity contribution >= 4 is 21.6 Å². The number of amides is 1. The number of carbonyl (C=O) groups excluding carboxylic acids is 1. The van der Waals surface area contributed by atoms with Gasteiger partial charge < -0.3 is 5.32 Å². The van der Waals surface area contributed by atoms with E-state index in [1.165, 1.54) is 6.20 Å². The molecule has 0 bridgehead atoms. The van der Waals surface area contributed by atoms with E-state index in [2.05, 4.69) is 15.4 Å². The minimum atomic E-state index is -3.02. The van der Waals surface area contributed by atoms with Crippen LogP contribution in [0, 0.1) is 6.92 Å². The van der Waals surface area contributed by atoms with Gasteiger partial charge in [-0.1, -0.05) is 0 Å². The van der Waals surface area contributed by atoms with E-state index in [-0.39, 0.29) is 23.5 Å². The van der Waals surface area contributed by atoms with Crippen molar-refractivity contribution < 1.29 is 13.2 Å². The average Bonchev–Trinajstić information content (AvgIpc) is 3.02. The smallest absolute Gasteiger partial charge is 0.258 e. The van der Waals surface area contributed by atoms with Gasteiger partial charge in [0.25, 0.3) is 5.91 Å². The highest BCUT2D eigenvalue weighted by Crippen LogP contribution is 2.27. The minimum Gasteiger partial charge on any atom is -0.307 e. The fourth-order valence-electron chi connectivity index (χ4n) is 2.54. The first-order valence-corrected chi connectivity index (χ1v) is 8.75. The number of pyridine rings is 1. The first-order chi connectivity index (χ1) is 10.4. The molecule has 0 aromatic carbocycles. The fourth-order valence-corrected chi connectivity index (χ4v) is 4.23. The maximum atomic E-state index is 12.2. The Kier molecular flexibility index (Phi) is 3.69. The number of sulfone groups is 1. The van der Waals surface area contributed by atoms with Crippen LogP contribution in [0.25, 0.3) is 0 Å². The van der Waals surface area contributed by atoms with Gasteiger partial charge in [-0.25, -0.2) is 13.1 Å². The predicted octanol–water partition coefficient (Wildman–Crippen LogP) is 1.20. The van der Waals surface area contributed by atoms with Crippen LogP contribution in [0.4, 0.5) is 5.82 Å². The first-order valence-electron chi connectivity index (χ1n) is 6.92. The van der Waals surface area contributed by atoms with Gasteiger partial charge in [-0.3, -0.25) is 9.78 Å². The van der Waals surface area contributed by atoms with Crippen LogP contribution in [0.1, 0.15) is 28.5 Å². The van der Waals surface area contributed by atoms with Crippen molar-refractivity contribution in [3.05, 3.63) is 41.9 Å². The molecule has 7 nitrogen and oxygen atoms in total. The van der Waals surface area contributed by atoms with Crippen LogP contribution in [0.5, 0.6) is 0 Å². The Morgan fingerprint density at radius 3 is 2.91 bits per heavy atom. The molecule has 2 aromatic heterocycles. The summed E-state index contributed by atoms with van der Waals surface area (Å²) in [6, 6.07) is 4.85. The van der Waals surface area contributed by atoms with Gasteiger partial charge in [0, 0.05) is 18.5 Å². The van der Waals surface area contributed by atoms with E-state index >= 15 is 0 Å². The molecule has 1 amide bonds. The summed E-state index contributed by atoms with van der Waals surface area (Å²) in [5, 5.41) is 7.11. The van der Waals surface area contributed by atoms with Gasteiger partial charge in [-0.2, -0.15) is 5.10 Å². The van der Waals surface area contributed by atoms with Gasteiger partial charge in [0.1, 0.15) is 5.82 Å². The van der Waals surface area contributed by atoms with E-state index in [1.807, 2.05) is 0 Å². The second-order valence-electron chi connectivity index (χ2n) is 5.37. The largest absolute Gasteiger partial charge is 0.307 e. The monoisotopic (exact) mass is 320 g/mol. The lowest BCUT2D eigenvalue weighted by Gasteiger charge is -2.13. The Morgan fingerprint density at radius 2 is 2.27 bits per heavy atom. The van der Waals surface area contributed by atoms with Crippen LogP contribution in [-0.2, 0) is 9.84 Å². The Hall–Kier alpha value is -2.22. The summed E-state index contributed by atoms with van der Waals surface area (Å²) >= 11 is 0. The normalized spacial score (nSPS) is 20.0. The summed E-state index contributed by atoms with van der Waals surface area (Å²) < 4.78 is 24.9. The highest BCUT2D eigenvalue weighted by molar-refractivity contribution is 7.91. The third-order valence-electron chi connectivity index (χ3n) is 3.58. The number of nitrogens with zero attached hydrogens (tertiary/aromatic N) is 3. The molecule has 116 valence electrons. The summed E-state index contributed by atoms with van der Waals surface area (Å²) in [4.78, 5) is 16.1. The maximum Gasteiger partial charge on any atom is 0.258 e. The fraction of sp³-hybridized carbons (Fsp3) is 0.357. The number of hydrogen-bond donors (Lipinski definition) is 1. The Balaban J connectivity index is 1.84. The van der Waals surface area contributed by atoms with Gasteiger partial charge in [-0.05, 0) is 25.5 Å². The number of aromatic nitrogens is 3. The van der Waals surface area contributed by atoms with Crippen LogP contribution < -0.4 is 5.32 Å². The molecule has 8 heteroatoms. The Morgan fingerprint density at radius 1 is 1.45 bits per heavy atom. The lowest BCUT2D eigenvalue weighted by Crippen LogP contribution is -2.19. The minimum absolute atomic E-state index is 0.0594. The van der Waals surface area contributed by atoms with Crippen LogP contribution in [-0.4, -0.2) is 40.6 Å². The van der Waals surface area contributed by atoms with Crippen LogP contribution in [0.15, 0.2) is 30.6 Å². The van der Waals surface area contributed by atoms with Crippen molar-refractivity contribution in [1.29, 1.82) is 0 Å². The number of hydrogen-bond acceptors (Lipinski definition) is 5. The topological polar surface area (TPSA) is 94.0 Å². The molecule has 1 unspecified atom stereocenters. The number of nitrogens with one attached hydrogen (secondary N) is 1. The Labute approximate surface area is 128 Å². The molecule has 0 saturated carbocycles. The van der Waals surface area contributed by atoms with Gasteiger partial charge in [0.15, 0.2) is 9.84 Å². The van der Waals surface area contributed by atoms with Crippen molar-refractivity contribution in [3.63, 3.8) is 0 Å². The molecule has 0 spiro atoms. The zero-order valence-corrected chi connectivity index (χ0v) is 12.9. The molecule has 0 aliphatic carbocycles. The zero-order chi connectivity index (χ0) is 15.7. The summed E-state index contributed by atoms with van der Waals surface area (Å²) in [5.74, 6) is 0.430. The molecule has 3 heterocycles. The van der Waals surface area contributed by atoms with Crippen LogP contribution in [0.2, 0.25) is 0 Å². The SMILES string of the molecule is Cc1cc(NC(=O)c2cccnc2)n(C2CCS(=O)(=O)C2)n1. The van der Waals surface area contributed by atoms with E-state index in [9.17, 15) is 13.2 Å². The molecule has 0 radical (unpaired) electrons. The predicted molar refractivity (Wildman–Crippen MR) is 81.5 cm³/mol. The van der Waals surface area contributed by atoms with Crippen molar-refractivity contribution in [3.8, 4) is 0 Å². The summed E-state index contributed by atoms with van der Waals surface area (Å²) in [5.41, 5.74) is 1.16. The van der Waals surface area contributed by atoms with E-state index < -0.39 is 9.84 Å². The highest BCUT2D eigenvalue weighted by Gasteiger charge is 2.31. The second-order valence-corrected chi connectivity index (χ2v) is 7.60. The maximum absolute atomic E-state index is 12.2. The molecule has 2 aromatic rings. The average molecular weight is 320 g/mol. The van der Waals surface area contributed by atoms with E-state index in [1.54, 1.807) is 36.0 Å². The molecule has 1 fully saturated rings. The number of aryl methyl sites for hydroxylation is 1. The molecule has 3 rings (SSSR count). The third-order valence-corrected chi connectivity index (χ3v) is 5.33. The van der Waals surface area contributed by atoms with Crippen molar-refractivity contribution in [1.82, 2.24) is 14.8 Å². The van der Waals surface area contributed by atoms with Gasteiger partial charge in [-0.15, -0.1) is 0 Å². The van der Waals surface area contributed by atoms with Gasteiger partial charge >= 0.3 is 0 Å². The molecule has 1 saturated heterocycles. The second kappa shape index (κ2) is 5.53. The number of anilines is 1. The zero-order valence-electron chi connectivity index (χ0n) is 12.1. The standard InChI is InChI=1S/C14H16N4O3S/c1-10-7-13(16-14(19)11-3-2-5-15-8-11)18(17-10)12-4-6-22(20,21)9-12/h2-3,5,7-8,12H,4,6,9H2,1H3,(H,16,19). The van der Waals surface area contributed by atoms with Crippen molar-refractivity contribution in [2.75, 3.05) is 16.8 Å². The number of carbonyl (C=O) groups is 1. The summed E-state index contributed by atoms with van der Waals surface area (Å²) in [6.07, 6.45) is 3.58. The van der Waals surface area contributed by atoms with E-state index in [0.29, 0.717) is 17.8 Å². The Bertz CT molecular complexity index is 799. The van der Waals surface area contributed by atoms with E-state index in [4.69, 9.17) is 0 Å². The molecule has 1 aliphatic rings. The summed E-state index contributed by atoms with van der Waals surface area (Å²) in [7, 11) is -3.02. The summed E-state index contributed by atoms with van der Waals surface area (Å²) in [6.45, 7) is 1.81. The lowest BCUT2D eigenvalue weighted by molar-refractivity contribution is 0.102. The number of rotatable bonds is 3. The van der Waals surface area contributed by atoms with Gasteiger partial charge in [0.05, 0.1) is 28.8 Å². The third kappa shape index (κ3) is 3.01. The first kappa shape index (κ1) is 14.7. The molecule has 1 aliphatic heterocycles. The quantitative estimate of drug-likeness (QED) is 0.917. The lowest BCUT2D eigenvalue weighted by atomic mass is 10.2. The van der Waals surface area contributed by atoms with E-state index in [0.717, 1.165) is 5.69 Å². The molecule has 1 N–H and O–H groups in total. The molecule has 22 heavy (non-hydrogen) atoms. The molecular formula is C14H16N4O3S. The highest BCUT2D eigenvalue weighted by atomic mass is 32.2. The van der Waals surface area contributed by atoms with Gasteiger partial charge in [0.2, 0.25) is 0 Å². The van der Waals surface area contributed by atoms with Crippen molar-refractivity contribution in [2.45, 2.75) is 19.4 Å². The molecule has 1 atom stereocenters. The van der Waals surface area contributed by atoms with Crippen LogP contribution >= 0.6 is 0 Å². The van der Waals surface area contributed by atoms with Crippen LogP contribution in [0.3, 0.4) is 0 Å².